The van der Waals surface area contributed by atoms with Gasteiger partial charge in [0.25, 0.3) is 5.91 Å². The second-order valence-corrected chi connectivity index (χ2v) is 10.4. The van der Waals surface area contributed by atoms with E-state index in [0.717, 1.165) is 46.2 Å². The highest BCUT2D eigenvalue weighted by atomic mass is 16.3. The minimum absolute atomic E-state index is 0.0175. The van der Waals surface area contributed by atoms with Gasteiger partial charge in [-0.1, -0.05) is 84.9 Å². The van der Waals surface area contributed by atoms with E-state index in [2.05, 4.69) is 89.1 Å². The highest BCUT2D eigenvalue weighted by Crippen LogP contribution is 2.34. The van der Waals surface area contributed by atoms with Crippen molar-refractivity contribution in [2.75, 3.05) is 10.2 Å². The SMILES string of the molecule is Cc1c(O)c(C(=O)Nc2cccc(CCc3ccc(N(c4ccccc4)c4ccccc4)cc3)c2)cc2ccccc12. The van der Waals surface area contributed by atoms with Crippen molar-refractivity contribution < 1.29 is 9.90 Å². The van der Waals surface area contributed by atoms with Gasteiger partial charge in [-0.3, -0.25) is 4.79 Å². The summed E-state index contributed by atoms with van der Waals surface area (Å²) in [6, 6.07) is 46.9. The number of carbonyl (C=O) groups is 1. The lowest BCUT2D eigenvalue weighted by atomic mass is 9.99. The monoisotopic (exact) mass is 548 g/mol. The van der Waals surface area contributed by atoms with Crippen LogP contribution in [0.3, 0.4) is 0 Å². The second kappa shape index (κ2) is 12.0. The Hall–Kier alpha value is -5.35. The molecule has 4 heteroatoms. The van der Waals surface area contributed by atoms with Gasteiger partial charge in [-0.05, 0) is 102 Å². The molecule has 0 spiro atoms. The van der Waals surface area contributed by atoms with Crippen molar-refractivity contribution in [3.8, 4) is 5.75 Å². The Morgan fingerprint density at radius 3 is 1.93 bits per heavy atom. The number of nitrogens with one attached hydrogen (secondary N) is 1. The topological polar surface area (TPSA) is 52.6 Å². The zero-order valence-electron chi connectivity index (χ0n) is 23.5. The molecule has 0 atom stereocenters. The van der Waals surface area contributed by atoms with E-state index in [1.54, 1.807) is 6.07 Å². The van der Waals surface area contributed by atoms with Crippen molar-refractivity contribution in [1.82, 2.24) is 0 Å². The number of hydrogen-bond acceptors (Lipinski definition) is 3. The number of carbonyl (C=O) groups excluding carboxylic acids is 1. The zero-order valence-corrected chi connectivity index (χ0v) is 23.5. The van der Waals surface area contributed by atoms with Gasteiger partial charge in [0.1, 0.15) is 5.75 Å². The normalized spacial score (nSPS) is 10.9. The van der Waals surface area contributed by atoms with E-state index >= 15 is 0 Å². The van der Waals surface area contributed by atoms with Gasteiger partial charge in [0.2, 0.25) is 0 Å². The first-order valence-electron chi connectivity index (χ1n) is 14.2. The lowest BCUT2D eigenvalue weighted by Crippen LogP contribution is -2.13. The van der Waals surface area contributed by atoms with Crippen molar-refractivity contribution in [2.24, 2.45) is 0 Å². The third kappa shape index (κ3) is 5.74. The van der Waals surface area contributed by atoms with E-state index in [1.807, 2.05) is 61.5 Å². The van der Waals surface area contributed by atoms with Crippen molar-refractivity contribution in [3.63, 3.8) is 0 Å². The van der Waals surface area contributed by atoms with Crippen molar-refractivity contribution in [3.05, 3.63) is 162 Å². The largest absolute Gasteiger partial charge is 0.507 e. The standard InChI is InChI=1S/C38H32N2O2/c1-27-35-18-9-8-12-30(35)26-36(37(27)41)38(42)39-31-13-10-11-29(25-31)20-19-28-21-23-34(24-22-28)40(32-14-4-2-5-15-32)33-16-6-3-7-17-33/h2-18,21-26,41H,19-20H2,1H3,(H,39,42). The number of fused-ring (bicyclic) bond motifs is 1. The first-order chi connectivity index (χ1) is 20.6. The average Bonchev–Trinajstić information content (AvgIpc) is 3.04. The first kappa shape index (κ1) is 26.9. The van der Waals surface area contributed by atoms with Gasteiger partial charge in [0.05, 0.1) is 5.56 Å². The summed E-state index contributed by atoms with van der Waals surface area (Å²) in [5.41, 5.74) is 7.39. The minimum atomic E-state index is -0.324. The van der Waals surface area contributed by atoms with Crippen LogP contribution in [-0.4, -0.2) is 11.0 Å². The third-order valence-corrected chi connectivity index (χ3v) is 7.63. The second-order valence-electron chi connectivity index (χ2n) is 10.4. The predicted octanol–water partition coefficient (Wildman–Crippen LogP) is 9.36. The fourth-order valence-electron chi connectivity index (χ4n) is 5.40. The van der Waals surface area contributed by atoms with Crippen LogP contribution in [0.15, 0.2) is 140 Å². The maximum absolute atomic E-state index is 13.1. The number of nitrogens with zero attached hydrogens (tertiary/aromatic N) is 1. The lowest BCUT2D eigenvalue weighted by Gasteiger charge is -2.25. The van der Waals surface area contributed by atoms with E-state index in [1.165, 1.54) is 5.56 Å². The van der Waals surface area contributed by atoms with E-state index < -0.39 is 0 Å². The molecule has 0 heterocycles. The molecule has 4 nitrogen and oxygen atoms in total. The third-order valence-electron chi connectivity index (χ3n) is 7.63. The Balaban J connectivity index is 1.15. The number of amides is 1. The van der Waals surface area contributed by atoms with Crippen LogP contribution >= 0.6 is 0 Å². The Morgan fingerprint density at radius 1 is 0.643 bits per heavy atom. The molecular formula is C38H32N2O2. The number of phenolic OH excluding ortho intramolecular Hbond substituents is 1. The molecule has 6 aromatic carbocycles. The predicted molar refractivity (Wildman–Crippen MR) is 173 cm³/mol. The van der Waals surface area contributed by atoms with Gasteiger partial charge in [-0.15, -0.1) is 0 Å². The lowest BCUT2D eigenvalue weighted by molar-refractivity contribution is 0.102. The number of benzene rings is 6. The summed E-state index contributed by atoms with van der Waals surface area (Å²) in [6.45, 7) is 1.84. The molecule has 0 bridgehead atoms. The van der Waals surface area contributed by atoms with E-state index in [4.69, 9.17) is 0 Å². The average molecular weight is 549 g/mol. The summed E-state index contributed by atoms with van der Waals surface area (Å²) in [4.78, 5) is 15.4. The molecule has 6 aromatic rings. The molecule has 0 aliphatic rings. The molecule has 0 fully saturated rings. The van der Waals surface area contributed by atoms with Crippen molar-refractivity contribution in [2.45, 2.75) is 19.8 Å². The van der Waals surface area contributed by atoms with E-state index in [0.29, 0.717) is 11.3 Å². The number of aryl methyl sites for hydroxylation is 3. The number of rotatable bonds is 8. The van der Waals surface area contributed by atoms with Gasteiger partial charge >= 0.3 is 0 Å². The molecule has 42 heavy (non-hydrogen) atoms. The molecule has 0 aliphatic carbocycles. The smallest absolute Gasteiger partial charge is 0.259 e. The Morgan fingerprint density at radius 2 is 1.24 bits per heavy atom. The Labute approximate surface area is 246 Å². The molecule has 2 N–H and O–H groups in total. The van der Waals surface area contributed by atoms with Crippen LogP contribution in [0.25, 0.3) is 10.8 Å². The molecule has 6 rings (SSSR count). The van der Waals surface area contributed by atoms with Crippen LogP contribution in [0.2, 0.25) is 0 Å². The first-order valence-corrected chi connectivity index (χ1v) is 14.2. The molecule has 0 saturated carbocycles. The van der Waals surface area contributed by atoms with Crippen LogP contribution in [0.1, 0.15) is 27.0 Å². The van der Waals surface area contributed by atoms with Crippen LogP contribution in [0.5, 0.6) is 5.75 Å². The summed E-state index contributed by atoms with van der Waals surface area (Å²) in [6.07, 6.45) is 1.71. The van der Waals surface area contributed by atoms with Gasteiger partial charge < -0.3 is 15.3 Å². The minimum Gasteiger partial charge on any atom is -0.507 e. The number of anilines is 4. The number of hydrogen-bond donors (Lipinski definition) is 2. The summed E-state index contributed by atoms with van der Waals surface area (Å²) >= 11 is 0. The molecule has 0 aliphatic heterocycles. The molecule has 0 aromatic heterocycles. The van der Waals surface area contributed by atoms with Crippen LogP contribution in [0.4, 0.5) is 22.7 Å². The van der Waals surface area contributed by atoms with Gasteiger partial charge in [-0.2, -0.15) is 0 Å². The Kier molecular flexibility index (Phi) is 7.69. The van der Waals surface area contributed by atoms with Gasteiger partial charge in [-0.25, -0.2) is 0 Å². The number of para-hydroxylation sites is 2. The maximum Gasteiger partial charge on any atom is 0.259 e. The van der Waals surface area contributed by atoms with E-state index in [-0.39, 0.29) is 17.2 Å². The van der Waals surface area contributed by atoms with Gasteiger partial charge in [0.15, 0.2) is 0 Å². The van der Waals surface area contributed by atoms with Gasteiger partial charge in [0, 0.05) is 22.7 Å². The quantitative estimate of drug-likeness (QED) is 0.199. The Bertz CT molecular complexity index is 1790. The van der Waals surface area contributed by atoms with Crippen molar-refractivity contribution in [1.29, 1.82) is 0 Å². The summed E-state index contributed by atoms with van der Waals surface area (Å²) < 4.78 is 0. The van der Waals surface area contributed by atoms with Crippen LogP contribution < -0.4 is 10.2 Å². The fraction of sp³-hybridized carbons (Fsp3) is 0.0789. The van der Waals surface area contributed by atoms with Crippen molar-refractivity contribution >= 4 is 39.4 Å². The number of phenols is 1. The highest BCUT2D eigenvalue weighted by molar-refractivity contribution is 6.09. The molecule has 0 radical (unpaired) electrons. The highest BCUT2D eigenvalue weighted by Gasteiger charge is 2.16. The number of aromatic hydroxyl groups is 1. The summed E-state index contributed by atoms with van der Waals surface area (Å²) in [5.74, 6) is -0.306. The maximum atomic E-state index is 13.1. The summed E-state index contributed by atoms with van der Waals surface area (Å²) in [7, 11) is 0. The van der Waals surface area contributed by atoms with E-state index in [9.17, 15) is 9.90 Å². The molecule has 1 amide bonds. The van der Waals surface area contributed by atoms with Crippen LogP contribution in [0, 0.1) is 6.92 Å². The summed E-state index contributed by atoms with van der Waals surface area (Å²) in [5, 5.41) is 15.6. The molecule has 0 saturated heterocycles. The molecule has 206 valence electrons. The molecule has 0 unspecified atom stereocenters. The molecular weight excluding hydrogens is 516 g/mol. The zero-order chi connectivity index (χ0) is 28.9. The van der Waals surface area contributed by atoms with Crippen LogP contribution in [-0.2, 0) is 12.8 Å². The fourth-order valence-corrected chi connectivity index (χ4v) is 5.40.